The summed E-state index contributed by atoms with van der Waals surface area (Å²) in [6.45, 7) is 4.12. The third kappa shape index (κ3) is 3.36. The van der Waals surface area contributed by atoms with Crippen molar-refractivity contribution in [1.82, 2.24) is 0 Å². The molecule has 18 heavy (non-hydrogen) atoms. The fraction of sp³-hybridized carbons (Fsp3) is 0.400. The van der Waals surface area contributed by atoms with Crippen LogP contribution in [0.2, 0.25) is 0 Å². The van der Waals surface area contributed by atoms with E-state index in [1.165, 1.54) is 31.0 Å². The van der Waals surface area contributed by atoms with Crippen molar-refractivity contribution in [2.75, 3.05) is 23.3 Å². The molecule has 1 aromatic carbocycles. The lowest BCUT2D eigenvalue weighted by molar-refractivity contribution is -0.111. The molecule has 1 saturated heterocycles. The Kier molecular flexibility index (Phi) is 4.40. The quantitative estimate of drug-likeness (QED) is 0.828. The summed E-state index contributed by atoms with van der Waals surface area (Å²) in [5.41, 5.74) is 2.09. The van der Waals surface area contributed by atoms with Crippen LogP contribution in [0.4, 0.5) is 11.4 Å². The van der Waals surface area contributed by atoms with Crippen molar-refractivity contribution >= 4 is 17.3 Å². The highest BCUT2D eigenvalue weighted by Gasteiger charge is 2.10. The summed E-state index contributed by atoms with van der Waals surface area (Å²) in [6.07, 6.45) is 7.16. The van der Waals surface area contributed by atoms with Gasteiger partial charge in [0.25, 0.3) is 0 Å². The number of nitrogens with zero attached hydrogens (tertiary/aromatic N) is 1. The van der Waals surface area contributed by atoms with Crippen LogP contribution in [-0.4, -0.2) is 19.0 Å². The number of amides is 1. The number of carbonyl (C=O) groups is 1. The number of nitrogens with one attached hydrogen (secondary N) is 1. The molecule has 3 nitrogen and oxygen atoms in total. The zero-order valence-electron chi connectivity index (χ0n) is 10.9. The number of hydrogen-bond acceptors (Lipinski definition) is 2. The van der Waals surface area contributed by atoms with E-state index in [0.717, 1.165) is 18.8 Å². The van der Waals surface area contributed by atoms with Gasteiger partial charge in [0.2, 0.25) is 5.91 Å². The highest BCUT2D eigenvalue weighted by Crippen LogP contribution is 2.21. The summed E-state index contributed by atoms with van der Waals surface area (Å²) >= 11 is 0. The van der Waals surface area contributed by atoms with Gasteiger partial charge in [-0.05, 0) is 56.5 Å². The monoisotopic (exact) mass is 244 g/mol. The molecular weight excluding hydrogens is 224 g/mol. The Labute approximate surface area is 108 Å². The van der Waals surface area contributed by atoms with E-state index in [4.69, 9.17) is 0 Å². The molecule has 2 rings (SSSR count). The highest BCUT2D eigenvalue weighted by atomic mass is 16.1. The lowest BCUT2D eigenvalue weighted by Crippen LogP contribution is -2.29. The molecule has 3 heteroatoms. The van der Waals surface area contributed by atoms with Gasteiger partial charge in [-0.25, -0.2) is 0 Å². The van der Waals surface area contributed by atoms with E-state index < -0.39 is 0 Å². The molecule has 1 fully saturated rings. The second-order valence-corrected chi connectivity index (χ2v) is 4.58. The van der Waals surface area contributed by atoms with E-state index >= 15 is 0 Å². The van der Waals surface area contributed by atoms with Gasteiger partial charge in [-0.1, -0.05) is 6.08 Å². The predicted octanol–water partition coefficient (Wildman–Crippen LogP) is 3.19. The van der Waals surface area contributed by atoms with Crippen molar-refractivity contribution < 1.29 is 4.79 Å². The molecule has 0 aromatic heterocycles. The van der Waals surface area contributed by atoms with E-state index in [9.17, 15) is 4.79 Å². The van der Waals surface area contributed by atoms with Crippen molar-refractivity contribution in [2.45, 2.75) is 26.2 Å². The molecule has 0 spiro atoms. The largest absolute Gasteiger partial charge is 0.372 e. The van der Waals surface area contributed by atoms with Crippen LogP contribution < -0.4 is 10.2 Å². The van der Waals surface area contributed by atoms with Crippen LogP contribution >= 0.6 is 0 Å². The Morgan fingerprint density at radius 3 is 2.44 bits per heavy atom. The normalized spacial score (nSPS) is 15.9. The lowest BCUT2D eigenvalue weighted by atomic mass is 10.1. The van der Waals surface area contributed by atoms with Gasteiger partial charge in [0, 0.05) is 24.5 Å². The molecule has 1 aliphatic rings. The minimum Gasteiger partial charge on any atom is -0.372 e. The number of carbonyl (C=O) groups excluding carboxylic acids is 1. The molecule has 1 aromatic rings. The summed E-state index contributed by atoms with van der Waals surface area (Å²) in [7, 11) is 0. The lowest BCUT2D eigenvalue weighted by Gasteiger charge is -2.28. The van der Waals surface area contributed by atoms with Crippen LogP contribution in [0.3, 0.4) is 0 Å². The Balaban J connectivity index is 1.98. The van der Waals surface area contributed by atoms with Crippen molar-refractivity contribution in [3.05, 3.63) is 36.4 Å². The van der Waals surface area contributed by atoms with Crippen LogP contribution in [-0.2, 0) is 4.79 Å². The zero-order valence-corrected chi connectivity index (χ0v) is 10.9. The SMILES string of the molecule is CC=CC(=O)Nc1ccc(N2CCCCC2)cc1. The highest BCUT2D eigenvalue weighted by molar-refractivity contribution is 5.99. The van der Waals surface area contributed by atoms with Crippen LogP contribution in [0.1, 0.15) is 26.2 Å². The van der Waals surface area contributed by atoms with Gasteiger partial charge >= 0.3 is 0 Å². The summed E-state index contributed by atoms with van der Waals surface area (Å²) in [5.74, 6) is -0.0803. The molecular formula is C15H20N2O. The average molecular weight is 244 g/mol. The molecule has 0 radical (unpaired) electrons. The molecule has 1 N–H and O–H groups in total. The number of benzene rings is 1. The maximum Gasteiger partial charge on any atom is 0.248 e. The number of hydrogen-bond donors (Lipinski definition) is 1. The first-order valence-electron chi connectivity index (χ1n) is 6.58. The average Bonchev–Trinajstić information content (AvgIpc) is 2.41. The maximum atomic E-state index is 11.4. The minimum atomic E-state index is -0.0803. The third-order valence-corrected chi connectivity index (χ3v) is 3.17. The van der Waals surface area contributed by atoms with Gasteiger partial charge in [0.15, 0.2) is 0 Å². The second-order valence-electron chi connectivity index (χ2n) is 4.58. The molecule has 0 aliphatic carbocycles. The molecule has 0 saturated carbocycles. The third-order valence-electron chi connectivity index (χ3n) is 3.17. The molecule has 96 valence electrons. The Hall–Kier alpha value is -1.77. The zero-order chi connectivity index (χ0) is 12.8. The maximum absolute atomic E-state index is 11.4. The number of allylic oxidation sites excluding steroid dienone is 1. The molecule has 0 bridgehead atoms. The number of piperidine rings is 1. The molecule has 0 unspecified atom stereocenters. The fourth-order valence-corrected chi connectivity index (χ4v) is 2.24. The van der Waals surface area contributed by atoms with Gasteiger partial charge in [0.1, 0.15) is 0 Å². The van der Waals surface area contributed by atoms with Crippen molar-refractivity contribution in [3.8, 4) is 0 Å². The van der Waals surface area contributed by atoms with Gasteiger partial charge in [0.05, 0.1) is 0 Å². The van der Waals surface area contributed by atoms with Gasteiger partial charge in [-0.2, -0.15) is 0 Å². The summed E-state index contributed by atoms with van der Waals surface area (Å²) in [4.78, 5) is 13.8. The van der Waals surface area contributed by atoms with Gasteiger partial charge < -0.3 is 10.2 Å². The van der Waals surface area contributed by atoms with Crippen molar-refractivity contribution in [3.63, 3.8) is 0 Å². The predicted molar refractivity (Wildman–Crippen MR) is 75.9 cm³/mol. The minimum absolute atomic E-state index is 0.0803. The standard InChI is InChI=1S/C15H20N2O/c1-2-6-15(18)16-13-7-9-14(10-8-13)17-11-4-3-5-12-17/h2,6-10H,3-5,11-12H2,1H3,(H,16,18). The van der Waals surface area contributed by atoms with Crippen LogP contribution in [0, 0.1) is 0 Å². The Bertz CT molecular complexity index is 417. The van der Waals surface area contributed by atoms with Crippen LogP contribution in [0.5, 0.6) is 0 Å². The molecule has 1 aliphatic heterocycles. The molecule has 1 heterocycles. The molecule has 1 amide bonds. The smallest absolute Gasteiger partial charge is 0.248 e. The first-order chi connectivity index (χ1) is 8.79. The molecule has 0 atom stereocenters. The van der Waals surface area contributed by atoms with Crippen molar-refractivity contribution in [1.29, 1.82) is 0 Å². The Morgan fingerprint density at radius 2 is 1.83 bits per heavy atom. The van der Waals surface area contributed by atoms with Crippen molar-refractivity contribution in [2.24, 2.45) is 0 Å². The van der Waals surface area contributed by atoms with Crippen LogP contribution in [0.25, 0.3) is 0 Å². The first-order valence-corrected chi connectivity index (χ1v) is 6.58. The second kappa shape index (κ2) is 6.24. The first kappa shape index (κ1) is 12.7. The Morgan fingerprint density at radius 1 is 1.17 bits per heavy atom. The van der Waals surface area contributed by atoms with E-state index in [2.05, 4.69) is 22.3 Å². The summed E-state index contributed by atoms with van der Waals surface area (Å²) in [5, 5.41) is 2.83. The van der Waals surface area contributed by atoms with E-state index in [-0.39, 0.29) is 5.91 Å². The summed E-state index contributed by atoms with van der Waals surface area (Å²) < 4.78 is 0. The number of rotatable bonds is 3. The van der Waals surface area contributed by atoms with E-state index in [0.29, 0.717) is 0 Å². The van der Waals surface area contributed by atoms with E-state index in [1.807, 2.05) is 19.1 Å². The summed E-state index contributed by atoms with van der Waals surface area (Å²) in [6, 6.07) is 8.09. The van der Waals surface area contributed by atoms with Gasteiger partial charge in [-0.15, -0.1) is 0 Å². The van der Waals surface area contributed by atoms with Crippen LogP contribution in [0.15, 0.2) is 36.4 Å². The van der Waals surface area contributed by atoms with Gasteiger partial charge in [-0.3, -0.25) is 4.79 Å². The topological polar surface area (TPSA) is 32.3 Å². The fourth-order valence-electron chi connectivity index (χ4n) is 2.24. The van der Waals surface area contributed by atoms with E-state index in [1.54, 1.807) is 6.08 Å². The number of anilines is 2.